The number of anilines is 1. The van der Waals surface area contributed by atoms with Gasteiger partial charge in [0.15, 0.2) is 0 Å². The quantitative estimate of drug-likeness (QED) is 0.840. The molecule has 0 aliphatic carbocycles. The fraction of sp³-hybridized carbons (Fsp3) is 0.600. The number of rotatable bonds is 2. The van der Waals surface area contributed by atoms with E-state index in [1.165, 1.54) is 50.0 Å². The van der Waals surface area contributed by atoms with Crippen molar-refractivity contribution in [2.45, 2.75) is 44.7 Å². The smallest absolute Gasteiger partial charge is 0.0342 e. The fourth-order valence-corrected chi connectivity index (χ4v) is 3.24. The van der Waals surface area contributed by atoms with Crippen molar-refractivity contribution in [1.29, 1.82) is 0 Å². The number of hydrogen-bond acceptors (Lipinski definition) is 2. The Morgan fingerprint density at radius 2 is 1.94 bits per heavy atom. The van der Waals surface area contributed by atoms with Crippen LogP contribution in [0.4, 0.5) is 5.69 Å². The number of benzene rings is 1. The van der Waals surface area contributed by atoms with E-state index in [-0.39, 0.29) is 0 Å². The monoisotopic (exact) mass is 230 g/mol. The van der Waals surface area contributed by atoms with Gasteiger partial charge >= 0.3 is 0 Å². The van der Waals surface area contributed by atoms with Gasteiger partial charge in [-0.3, -0.25) is 0 Å². The molecule has 0 amide bonds. The van der Waals surface area contributed by atoms with Gasteiger partial charge in [0.25, 0.3) is 0 Å². The molecule has 92 valence electrons. The predicted octanol–water partition coefficient (Wildman–Crippen LogP) is 3.03. The normalized spacial score (nSPS) is 29.0. The maximum Gasteiger partial charge on any atom is 0.0342 e. The van der Waals surface area contributed by atoms with Gasteiger partial charge in [-0.1, -0.05) is 17.7 Å². The third-order valence-electron chi connectivity index (χ3n) is 4.24. The van der Waals surface area contributed by atoms with Crippen LogP contribution in [0.25, 0.3) is 0 Å². The number of nitrogens with zero attached hydrogens (tertiary/aromatic N) is 1. The Bertz CT molecular complexity index is 371. The van der Waals surface area contributed by atoms with Crippen molar-refractivity contribution >= 4 is 5.69 Å². The van der Waals surface area contributed by atoms with Crippen LogP contribution in [0.1, 0.15) is 31.2 Å². The minimum Gasteiger partial charge on any atom is -0.382 e. The van der Waals surface area contributed by atoms with E-state index in [1.807, 2.05) is 0 Å². The Hall–Kier alpha value is -1.02. The van der Waals surface area contributed by atoms with E-state index in [2.05, 4.69) is 41.4 Å². The van der Waals surface area contributed by atoms with Crippen LogP contribution in [0.5, 0.6) is 0 Å². The van der Waals surface area contributed by atoms with Gasteiger partial charge in [-0.25, -0.2) is 0 Å². The highest BCUT2D eigenvalue weighted by Gasteiger charge is 2.31. The second kappa shape index (κ2) is 4.69. The predicted molar refractivity (Wildman–Crippen MR) is 72.4 cm³/mol. The topological polar surface area (TPSA) is 15.3 Å². The summed E-state index contributed by atoms with van der Waals surface area (Å²) in [6.45, 7) is 4.76. The number of piperidine rings is 1. The summed E-state index contributed by atoms with van der Waals surface area (Å²) in [5.41, 5.74) is 2.62. The highest BCUT2D eigenvalue weighted by molar-refractivity contribution is 5.45. The molecule has 17 heavy (non-hydrogen) atoms. The first-order valence-corrected chi connectivity index (χ1v) is 6.88. The lowest BCUT2D eigenvalue weighted by atomic mass is 9.97. The highest BCUT2D eigenvalue weighted by atomic mass is 15.2. The zero-order chi connectivity index (χ0) is 11.7. The molecular weight excluding hydrogens is 208 g/mol. The van der Waals surface area contributed by atoms with Crippen LogP contribution in [-0.2, 0) is 0 Å². The number of aryl methyl sites for hydroxylation is 1. The van der Waals surface area contributed by atoms with Crippen LogP contribution in [0, 0.1) is 6.92 Å². The lowest BCUT2D eigenvalue weighted by molar-refractivity contribution is 0.188. The molecule has 3 rings (SSSR count). The Morgan fingerprint density at radius 3 is 2.76 bits per heavy atom. The lowest BCUT2D eigenvalue weighted by Crippen LogP contribution is -2.42. The summed E-state index contributed by atoms with van der Waals surface area (Å²) < 4.78 is 0. The van der Waals surface area contributed by atoms with E-state index in [0.29, 0.717) is 6.04 Å². The van der Waals surface area contributed by atoms with Crippen LogP contribution in [0.15, 0.2) is 24.3 Å². The molecule has 2 nitrogen and oxygen atoms in total. The van der Waals surface area contributed by atoms with Crippen LogP contribution < -0.4 is 5.32 Å². The molecule has 1 N–H and O–H groups in total. The highest BCUT2D eigenvalue weighted by Crippen LogP contribution is 2.28. The molecule has 1 aromatic carbocycles. The van der Waals surface area contributed by atoms with Gasteiger partial charge in [-0.15, -0.1) is 0 Å². The average Bonchev–Trinajstić information content (AvgIpc) is 2.79. The van der Waals surface area contributed by atoms with E-state index in [4.69, 9.17) is 0 Å². The summed E-state index contributed by atoms with van der Waals surface area (Å²) in [5.74, 6) is 0. The van der Waals surface area contributed by atoms with Gasteiger partial charge in [-0.2, -0.15) is 0 Å². The van der Waals surface area contributed by atoms with Crippen molar-refractivity contribution in [3.8, 4) is 0 Å². The Kier molecular flexibility index (Phi) is 3.06. The second-order valence-corrected chi connectivity index (χ2v) is 5.56. The van der Waals surface area contributed by atoms with Crippen molar-refractivity contribution in [2.75, 3.05) is 18.4 Å². The minimum atomic E-state index is 0.678. The molecule has 2 heteroatoms. The molecule has 2 heterocycles. The molecule has 0 aromatic heterocycles. The van der Waals surface area contributed by atoms with Crippen LogP contribution in [0.2, 0.25) is 0 Å². The first kappa shape index (κ1) is 11.1. The number of nitrogens with one attached hydrogen (secondary N) is 1. The van der Waals surface area contributed by atoms with Gasteiger partial charge in [-0.05, 0) is 51.3 Å². The maximum atomic E-state index is 3.69. The zero-order valence-corrected chi connectivity index (χ0v) is 10.7. The van der Waals surface area contributed by atoms with Crippen molar-refractivity contribution < 1.29 is 0 Å². The Labute approximate surface area is 104 Å². The van der Waals surface area contributed by atoms with Gasteiger partial charge in [0.1, 0.15) is 0 Å². The molecule has 1 aromatic rings. The van der Waals surface area contributed by atoms with Crippen molar-refractivity contribution in [1.82, 2.24) is 4.90 Å². The second-order valence-electron chi connectivity index (χ2n) is 5.56. The largest absolute Gasteiger partial charge is 0.382 e. The summed E-state index contributed by atoms with van der Waals surface area (Å²) >= 11 is 0. The van der Waals surface area contributed by atoms with Gasteiger partial charge in [0, 0.05) is 24.3 Å². The zero-order valence-electron chi connectivity index (χ0n) is 10.7. The molecule has 2 aliphatic rings. The van der Waals surface area contributed by atoms with Crippen LogP contribution in [-0.4, -0.2) is 30.1 Å². The van der Waals surface area contributed by atoms with Crippen LogP contribution in [0.3, 0.4) is 0 Å². The van der Waals surface area contributed by atoms with Gasteiger partial charge in [0.2, 0.25) is 0 Å². The molecular formula is C15H22N2. The van der Waals surface area contributed by atoms with E-state index in [9.17, 15) is 0 Å². The molecule has 2 saturated heterocycles. The first-order valence-electron chi connectivity index (χ1n) is 6.88. The molecule has 0 bridgehead atoms. The summed E-state index contributed by atoms with van der Waals surface area (Å²) in [7, 11) is 0. The SMILES string of the molecule is Cc1ccc(NC2CCN3CCCC3C2)cc1. The summed E-state index contributed by atoms with van der Waals surface area (Å²) in [5, 5.41) is 3.69. The summed E-state index contributed by atoms with van der Waals surface area (Å²) in [4.78, 5) is 2.67. The standard InChI is InChI=1S/C15H22N2/c1-12-4-6-13(7-5-12)16-14-8-10-17-9-2-3-15(17)11-14/h4-7,14-16H,2-3,8-11H2,1H3. The van der Waals surface area contributed by atoms with Crippen molar-refractivity contribution in [2.24, 2.45) is 0 Å². The summed E-state index contributed by atoms with van der Waals surface area (Å²) in [6.07, 6.45) is 5.44. The van der Waals surface area contributed by atoms with Crippen molar-refractivity contribution in [3.63, 3.8) is 0 Å². The molecule has 2 fully saturated rings. The summed E-state index contributed by atoms with van der Waals surface area (Å²) in [6, 6.07) is 10.3. The van der Waals surface area contributed by atoms with Crippen molar-refractivity contribution in [3.05, 3.63) is 29.8 Å². The number of hydrogen-bond donors (Lipinski definition) is 1. The molecule has 2 atom stereocenters. The third-order valence-corrected chi connectivity index (χ3v) is 4.24. The van der Waals surface area contributed by atoms with E-state index in [0.717, 1.165) is 6.04 Å². The lowest BCUT2D eigenvalue weighted by Gasteiger charge is -2.35. The van der Waals surface area contributed by atoms with E-state index in [1.54, 1.807) is 0 Å². The van der Waals surface area contributed by atoms with E-state index >= 15 is 0 Å². The van der Waals surface area contributed by atoms with Gasteiger partial charge < -0.3 is 10.2 Å². The van der Waals surface area contributed by atoms with E-state index < -0.39 is 0 Å². The molecule has 0 radical (unpaired) electrons. The average molecular weight is 230 g/mol. The number of fused-ring (bicyclic) bond motifs is 1. The Balaban J connectivity index is 1.60. The van der Waals surface area contributed by atoms with Crippen LogP contribution >= 0.6 is 0 Å². The fourth-order valence-electron chi connectivity index (χ4n) is 3.24. The molecule has 0 saturated carbocycles. The first-order chi connectivity index (χ1) is 8.31. The Morgan fingerprint density at radius 1 is 1.12 bits per heavy atom. The minimum absolute atomic E-state index is 0.678. The maximum absolute atomic E-state index is 3.69. The molecule has 2 aliphatic heterocycles. The van der Waals surface area contributed by atoms with Gasteiger partial charge in [0.05, 0.1) is 0 Å². The molecule has 0 spiro atoms. The molecule has 2 unspecified atom stereocenters. The third kappa shape index (κ3) is 2.47.